The molecule has 1 saturated heterocycles. The molecule has 2 rings (SSSR count). The van der Waals surface area contributed by atoms with Crippen LogP contribution in [0.3, 0.4) is 0 Å². The van der Waals surface area contributed by atoms with Crippen LogP contribution in [0.25, 0.3) is 0 Å². The normalized spacial score (nSPS) is 20.6. The SMILES string of the molecule is CCc1ccsc1C(=O)N1CCCC(CN)C1. The Morgan fingerprint density at radius 2 is 2.47 bits per heavy atom. The van der Waals surface area contributed by atoms with E-state index in [1.165, 1.54) is 5.56 Å². The van der Waals surface area contributed by atoms with E-state index < -0.39 is 0 Å². The van der Waals surface area contributed by atoms with Crippen LogP contribution < -0.4 is 5.73 Å². The van der Waals surface area contributed by atoms with E-state index in [0.717, 1.165) is 37.2 Å². The Morgan fingerprint density at radius 3 is 3.18 bits per heavy atom. The zero-order valence-electron chi connectivity index (χ0n) is 10.3. The molecule has 1 amide bonds. The molecule has 17 heavy (non-hydrogen) atoms. The van der Waals surface area contributed by atoms with Crippen LogP contribution in [0, 0.1) is 5.92 Å². The quantitative estimate of drug-likeness (QED) is 0.895. The molecule has 0 spiro atoms. The van der Waals surface area contributed by atoms with Gasteiger partial charge in [-0.25, -0.2) is 0 Å². The van der Waals surface area contributed by atoms with Gasteiger partial charge in [-0.05, 0) is 48.7 Å². The first-order chi connectivity index (χ1) is 8.26. The van der Waals surface area contributed by atoms with Crippen LogP contribution in [0.4, 0.5) is 0 Å². The second-order valence-electron chi connectivity index (χ2n) is 4.62. The van der Waals surface area contributed by atoms with E-state index in [-0.39, 0.29) is 5.91 Å². The Bertz CT molecular complexity index is 389. The summed E-state index contributed by atoms with van der Waals surface area (Å²) in [5, 5.41) is 2.01. The summed E-state index contributed by atoms with van der Waals surface area (Å²) in [6.07, 6.45) is 3.17. The van der Waals surface area contributed by atoms with Gasteiger partial charge in [-0.2, -0.15) is 0 Å². The molecule has 1 unspecified atom stereocenters. The molecule has 1 aliphatic heterocycles. The minimum Gasteiger partial charge on any atom is -0.338 e. The summed E-state index contributed by atoms with van der Waals surface area (Å²) in [5.74, 6) is 0.688. The van der Waals surface area contributed by atoms with Crippen LogP contribution >= 0.6 is 11.3 Å². The third-order valence-electron chi connectivity index (χ3n) is 3.46. The van der Waals surface area contributed by atoms with Gasteiger partial charge in [0.2, 0.25) is 0 Å². The van der Waals surface area contributed by atoms with Gasteiger partial charge in [0.25, 0.3) is 5.91 Å². The highest BCUT2D eigenvalue weighted by atomic mass is 32.1. The van der Waals surface area contributed by atoms with E-state index in [4.69, 9.17) is 5.73 Å². The number of carbonyl (C=O) groups is 1. The zero-order chi connectivity index (χ0) is 12.3. The number of likely N-dealkylation sites (tertiary alicyclic amines) is 1. The van der Waals surface area contributed by atoms with Crippen LogP contribution in [0.15, 0.2) is 11.4 Å². The number of aryl methyl sites for hydroxylation is 1. The second kappa shape index (κ2) is 5.65. The van der Waals surface area contributed by atoms with Crippen molar-refractivity contribution in [1.82, 2.24) is 4.90 Å². The number of thiophene rings is 1. The number of piperidine rings is 1. The highest BCUT2D eigenvalue weighted by Gasteiger charge is 2.25. The van der Waals surface area contributed by atoms with Gasteiger partial charge in [-0.1, -0.05) is 6.92 Å². The number of nitrogens with two attached hydrogens (primary N) is 1. The molecule has 3 nitrogen and oxygen atoms in total. The number of nitrogens with zero attached hydrogens (tertiary/aromatic N) is 1. The van der Waals surface area contributed by atoms with Gasteiger partial charge >= 0.3 is 0 Å². The van der Waals surface area contributed by atoms with Gasteiger partial charge in [-0.3, -0.25) is 4.79 Å². The van der Waals surface area contributed by atoms with Crippen molar-refractivity contribution in [3.8, 4) is 0 Å². The molecule has 0 saturated carbocycles. The Hall–Kier alpha value is -0.870. The Morgan fingerprint density at radius 1 is 1.65 bits per heavy atom. The number of hydrogen-bond donors (Lipinski definition) is 1. The van der Waals surface area contributed by atoms with Crippen molar-refractivity contribution in [2.45, 2.75) is 26.2 Å². The number of carbonyl (C=O) groups excluding carboxylic acids is 1. The lowest BCUT2D eigenvalue weighted by atomic mass is 9.98. The lowest BCUT2D eigenvalue weighted by Gasteiger charge is -2.32. The predicted molar refractivity (Wildman–Crippen MR) is 71.4 cm³/mol. The standard InChI is InChI=1S/C13H20N2OS/c1-2-11-5-7-17-12(11)13(16)15-6-3-4-10(8-14)9-15/h5,7,10H,2-4,6,8-9,14H2,1H3. The summed E-state index contributed by atoms with van der Waals surface area (Å²) < 4.78 is 0. The van der Waals surface area contributed by atoms with E-state index in [0.29, 0.717) is 12.5 Å². The van der Waals surface area contributed by atoms with E-state index in [1.54, 1.807) is 11.3 Å². The summed E-state index contributed by atoms with van der Waals surface area (Å²) in [6, 6.07) is 2.06. The molecule has 0 aromatic carbocycles. The highest BCUT2D eigenvalue weighted by molar-refractivity contribution is 7.12. The fourth-order valence-corrected chi connectivity index (χ4v) is 3.35. The molecule has 4 heteroatoms. The lowest BCUT2D eigenvalue weighted by molar-refractivity contribution is 0.0682. The maximum atomic E-state index is 12.4. The van der Waals surface area contributed by atoms with Crippen molar-refractivity contribution in [3.63, 3.8) is 0 Å². The van der Waals surface area contributed by atoms with Crippen LogP contribution in [0.2, 0.25) is 0 Å². The third kappa shape index (κ3) is 2.69. The maximum Gasteiger partial charge on any atom is 0.264 e. The fourth-order valence-electron chi connectivity index (χ4n) is 2.39. The molecule has 1 aromatic heterocycles. The molecule has 1 aromatic rings. The van der Waals surface area contributed by atoms with Gasteiger partial charge < -0.3 is 10.6 Å². The molecule has 2 N–H and O–H groups in total. The summed E-state index contributed by atoms with van der Waals surface area (Å²) in [7, 11) is 0. The van der Waals surface area contributed by atoms with Gasteiger partial charge in [0.1, 0.15) is 0 Å². The van der Waals surface area contributed by atoms with Crippen molar-refractivity contribution in [3.05, 3.63) is 21.9 Å². The summed E-state index contributed by atoms with van der Waals surface area (Å²) in [4.78, 5) is 15.3. The first kappa shape index (κ1) is 12.6. The Balaban J connectivity index is 2.09. The average Bonchev–Trinajstić information content (AvgIpc) is 2.86. The lowest BCUT2D eigenvalue weighted by Crippen LogP contribution is -2.42. The van der Waals surface area contributed by atoms with Crippen molar-refractivity contribution in [2.24, 2.45) is 11.7 Å². The smallest absolute Gasteiger partial charge is 0.264 e. The molecule has 2 heterocycles. The first-order valence-corrected chi connectivity index (χ1v) is 7.20. The average molecular weight is 252 g/mol. The van der Waals surface area contributed by atoms with Crippen molar-refractivity contribution >= 4 is 17.2 Å². The fraction of sp³-hybridized carbons (Fsp3) is 0.615. The van der Waals surface area contributed by atoms with Crippen LogP contribution in [0.1, 0.15) is 35.0 Å². The van der Waals surface area contributed by atoms with Gasteiger partial charge in [0, 0.05) is 13.1 Å². The van der Waals surface area contributed by atoms with Crippen molar-refractivity contribution in [1.29, 1.82) is 0 Å². The van der Waals surface area contributed by atoms with E-state index >= 15 is 0 Å². The summed E-state index contributed by atoms with van der Waals surface area (Å²) in [6.45, 7) is 4.50. The minimum absolute atomic E-state index is 0.204. The molecule has 0 aliphatic carbocycles. The Kier molecular flexibility index (Phi) is 4.18. The molecule has 1 fully saturated rings. The largest absolute Gasteiger partial charge is 0.338 e. The molecular formula is C13H20N2OS. The van der Waals surface area contributed by atoms with E-state index in [1.807, 2.05) is 10.3 Å². The third-order valence-corrected chi connectivity index (χ3v) is 4.41. The number of amides is 1. The van der Waals surface area contributed by atoms with E-state index in [2.05, 4.69) is 13.0 Å². The number of rotatable bonds is 3. The van der Waals surface area contributed by atoms with Gasteiger partial charge in [0.05, 0.1) is 4.88 Å². The molecule has 1 aliphatic rings. The molecule has 1 atom stereocenters. The molecular weight excluding hydrogens is 232 g/mol. The number of hydrogen-bond acceptors (Lipinski definition) is 3. The molecule has 0 bridgehead atoms. The highest BCUT2D eigenvalue weighted by Crippen LogP contribution is 2.23. The van der Waals surface area contributed by atoms with Crippen LogP contribution in [-0.2, 0) is 6.42 Å². The summed E-state index contributed by atoms with van der Waals surface area (Å²) >= 11 is 1.56. The van der Waals surface area contributed by atoms with Crippen LogP contribution in [-0.4, -0.2) is 30.4 Å². The van der Waals surface area contributed by atoms with Gasteiger partial charge in [-0.15, -0.1) is 11.3 Å². The predicted octanol–water partition coefficient (Wildman–Crippen LogP) is 2.12. The molecule has 94 valence electrons. The monoisotopic (exact) mass is 252 g/mol. The second-order valence-corrected chi connectivity index (χ2v) is 5.54. The van der Waals surface area contributed by atoms with Gasteiger partial charge in [0.15, 0.2) is 0 Å². The Labute approximate surface area is 107 Å². The summed E-state index contributed by atoms with van der Waals surface area (Å²) in [5.41, 5.74) is 6.88. The minimum atomic E-state index is 0.204. The van der Waals surface area contributed by atoms with Crippen molar-refractivity contribution in [2.75, 3.05) is 19.6 Å². The molecule has 0 radical (unpaired) electrons. The van der Waals surface area contributed by atoms with Crippen molar-refractivity contribution < 1.29 is 4.79 Å². The zero-order valence-corrected chi connectivity index (χ0v) is 11.1. The van der Waals surface area contributed by atoms with Crippen LogP contribution in [0.5, 0.6) is 0 Å². The maximum absolute atomic E-state index is 12.4. The first-order valence-electron chi connectivity index (χ1n) is 6.32. The topological polar surface area (TPSA) is 46.3 Å². The van der Waals surface area contributed by atoms with E-state index in [9.17, 15) is 4.79 Å².